The number of benzene rings is 1. The fourth-order valence-electron chi connectivity index (χ4n) is 1.20. The Hall–Kier alpha value is -1.52. The Morgan fingerprint density at radius 3 is 2.53 bits per heavy atom. The number of hydrogen-bond acceptors (Lipinski definition) is 2. The highest BCUT2D eigenvalue weighted by Crippen LogP contribution is 2.34. The van der Waals surface area contributed by atoms with Crippen LogP contribution in [0.3, 0.4) is 0 Å². The Kier molecular flexibility index (Phi) is 3.34. The van der Waals surface area contributed by atoms with Gasteiger partial charge in [-0.05, 0) is 24.4 Å². The third-order valence-electron chi connectivity index (χ3n) is 1.90. The van der Waals surface area contributed by atoms with Gasteiger partial charge in [0.2, 0.25) is 0 Å². The molecule has 0 radical (unpaired) electrons. The molecule has 0 aliphatic rings. The monoisotopic (exact) mass is 217 g/mol. The quantitative estimate of drug-likeness (QED) is 0.713. The van der Waals surface area contributed by atoms with Crippen LogP contribution in [0.1, 0.15) is 11.1 Å². The van der Waals surface area contributed by atoms with Crippen molar-refractivity contribution in [1.29, 1.82) is 0 Å². The minimum Gasteiger partial charge on any atom is -0.497 e. The van der Waals surface area contributed by atoms with Gasteiger partial charge in [-0.15, -0.1) is 0 Å². The lowest BCUT2D eigenvalue weighted by Crippen LogP contribution is -2.09. The van der Waals surface area contributed by atoms with E-state index in [0.29, 0.717) is 0 Å². The standard InChI is InChI=1S/C10H10F3NO/c1-14-6-7-3-4-8(15-2)5-9(7)10(11,12)13/h3-5H,1,6H2,2H3. The maximum Gasteiger partial charge on any atom is 0.416 e. The van der Waals surface area contributed by atoms with Crippen molar-refractivity contribution in [2.75, 3.05) is 7.11 Å². The number of rotatable bonds is 3. The van der Waals surface area contributed by atoms with Crippen molar-refractivity contribution >= 4 is 6.72 Å². The Balaban J connectivity index is 3.22. The van der Waals surface area contributed by atoms with Gasteiger partial charge < -0.3 is 4.74 Å². The van der Waals surface area contributed by atoms with E-state index in [2.05, 4.69) is 11.7 Å². The van der Waals surface area contributed by atoms with Crippen LogP contribution in [-0.2, 0) is 12.7 Å². The summed E-state index contributed by atoms with van der Waals surface area (Å²) in [5, 5.41) is 0. The summed E-state index contributed by atoms with van der Waals surface area (Å²) in [6.45, 7) is 3.12. The van der Waals surface area contributed by atoms with E-state index in [9.17, 15) is 13.2 Å². The van der Waals surface area contributed by atoms with Crippen molar-refractivity contribution in [2.24, 2.45) is 4.99 Å². The summed E-state index contributed by atoms with van der Waals surface area (Å²) in [6, 6.07) is 3.77. The Labute approximate surface area is 85.4 Å². The molecule has 0 atom stereocenters. The third-order valence-corrected chi connectivity index (χ3v) is 1.90. The van der Waals surface area contributed by atoms with E-state index in [1.54, 1.807) is 0 Å². The zero-order valence-electron chi connectivity index (χ0n) is 8.14. The number of methoxy groups -OCH3 is 1. The summed E-state index contributed by atoms with van der Waals surface area (Å²) in [7, 11) is 1.32. The first kappa shape index (κ1) is 11.6. The van der Waals surface area contributed by atoms with E-state index in [-0.39, 0.29) is 17.9 Å². The van der Waals surface area contributed by atoms with Gasteiger partial charge in [0, 0.05) is 0 Å². The second kappa shape index (κ2) is 4.33. The second-order valence-corrected chi connectivity index (χ2v) is 2.90. The SMILES string of the molecule is C=NCc1ccc(OC)cc1C(F)(F)F. The van der Waals surface area contributed by atoms with Crippen molar-refractivity contribution in [3.8, 4) is 5.75 Å². The lowest BCUT2D eigenvalue weighted by atomic mass is 10.1. The minimum atomic E-state index is -4.39. The Morgan fingerprint density at radius 1 is 1.40 bits per heavy atom. The normalized spacial score (nSPS) is 11.2. The molecule has 0 spiro atoms. The largest absolute Gasteiger partial charge is 0.497 e. The average molecular weight is 217 g/mol. The van der Waals surface area contributed by atoms with E-state index in [0.717, 1.165) is 6.07 Å². The van der Waals surface area contributed by atoms with Crippen molar-refractivity contribution < 1.29 is 17.9 Å². The van der Waals surface area contributed by atoms with Crippen molar-refractivity contribution in [2.45, 2.75) is 12.7 Å². The third kappa shape index (κ3) is 2.71. The second-order valence-electron chi connectivity index (χ2n) is 2.90. The molecular formula is C10H10F3NO. The van der Waals surface area contributed by atoms with Gasteiger partial charge in [-0.25, -0.2) is 0 Å². The van der Waals surface area contributed by atoms with Crippen LogP contribution in [0.4, 0.5) is 13.2 Å². The van der Waals surface area contributed by atoms with Crippen molar-refractivity contribution in [3.05, 3.63) is 29.3 Å². The van der Waals surface area contributed by atoms with E-state index in [4.69, 9.17) is 4.74 Å². The maximum absolute atomic E-state index is 12.6. The zero-order chi connectivity index (χ0) is 11.5. The number of alkyl halides is 3. The molecule has 0 unspecified atom stereocenters. The fourth-order valence-corrected chi connectivity index (χ4v) is 1.20. The molecule has 0 aromatic heterocycles. The zero-order valence-corrected chi connectivity index (χ0v) is 8.14. The summed E-state index contributed by atoms with van der Waals surface area (Å²) in [5.41, 5.74) is -0.632. The maximum atomic E-state index is 12.6. The lowest BCUT2D eigenvalue weighted by Gasteiger charge is -2.12. The number of halogens is 3. The summed E-state index contributed by atoms with van der Waals surface area (Å²) in [4.78, 5) is 3.44. The number of ether oxygens (including phenoxy) is 1. The molecule has 0 saturated heterocycles. The first-order valence-corrected chi connectivity index (χ1v) is 4.15. The molecule has 0 saturated carbocycles. The molecule has 15 heavy (non-hydrogen) atoms. The van der Waals surface area contributed by atoms with Gasteiger partial charge in [0.25, 0.3) is 0 Å². The lowest BCUT2D eigenvalue weighted by molar-refractivity contribution is -0.138. The molecule has 1 aromatic rings. The van der Waals surface area contributed by atoms with Crippen LogP contribution in [0.5, 0.6) is 5.75 Å². The van der Waals surface area contributed by atoms with E-state index >= 15 is 0 Å². The van der Waals surface area contributed by atoms with E-state index < -0.39 is 11.7 Å². The molecule has 0 amide bonds. The van der Waals surface area contributed by atoms with Crippen LogP contribution in [-0.4, -0.2) is 13.8 Å². The molecule has 0 bridgehead atoms. The molecule has 5 heteroatoms. The van der Waals surface area contributed by atoms with Crippen molar-refractivity contribution in [3.63, 3.8) is 0 Å². The van der Waals surface area contributed by atoms with E-state index in [1.165, 1.54) is 19.2 Å². The number of hydrogen-bond donors (Lipinski definition) is 0. The molecule has 1 rings (SSSR count). The van der Waals surface area contributed by atoms with Crippen LogP contribution in [0, 0.1) is 0 Å². The van der Waals surface area contributed by atoms with Gasteiger partial charge in [-0.2, -0.15) is 13.2 Å². The summed E-state index contributed by atoms with van der Waals surface area (Å²) >= 11 is 0. The highest BCUT2D eigenvalue weighted by atomic mass is 19.4. The molecule has 1 aromatic carbocycles. The summed E-state index contributed by atoms with van der Waals surface area (Å²) in [6.07, 6.45) is -4.39. The number of nitrogens with zero attached hydrogens (tertiary/aromatic N) is 1. The molecule has 0 aliphatic carbocycles. The average Bonchev–Trinajstić information content (AvgIpc) is 2.17. The fraction of sp³-hybridized carbons (Fsp3) is 0.300. The van der Waals surface area contributed by atoms with Crippen LogP contribution < -0.4 is 4.74 Å². The van der Waals surface area contributed by atoms with Crippen LogP contribution in [0.15, 0.2) is 23.2 Å². The van der Waals surface area contributed by atoms with Gasteiger partial charge in [-0.1, -0.05) is 6.07 Å². The van der Waals surface area contributed by atoms with Gasteiger partial charge >= 0.3 is 6.18 Å². The van der Waals surface area contributed by atoms with Crippen LogP contribution in [0.25, 0.3) is 0 Å². The number of aliphatic imine (C=N–C) groups is 1. The van der Waals surface area contributed by atoms with Gasteiger partial charge in [0.05, 0.1) is 19.2 Å². The van der Waals surface area contributed by atoms with Gasteiger partial charge in [0.1, 0.15) is 5.75 Å². The van der Waals surface area contributed by atoms with Gasteiger partial charge in [-0.3, -0.25) is 4.99 Å². The minimum absolute atomic E-state index is 0.0567. The highest BCUT2D eigenvalue weighted by Gasteiger charge is 2.33. The molecule has 0 N–H and O–H groups in total. The van der Waals surface area contributed by atoms with Crippen LogP contribution >= 0.6 is 0 Å². The Bertz CT molecular complexity index is 360. The first-order valence-electron chi connectivity index (χ1n) is 4.15. The van der Waals surface area contributed by atoms with Crippen molar-refractivity contribution in [1.82, 2.24) is 0 Å². The highest BCUT2D eigenvalue weighted by molar-refractivity contribution is 5.38. The molecule has 82 valence electrons. The molecular weight excluding hydrogens is 207 g/mol. The topological polar surface area (TPSA) is 21.6 Å². The summed E-state index contributed by atoms with van der Waals surface area (Å²) < 4.78 is 42.4. The molecule has 0 fully saturated rings. The predicted molar refractivity (Wildman–Crippen MR) is 51.2 cm³/mol. The van der Waals surface area contributed by atoms with Crippen LogP contribution in [0.2, 0.25) is 0 Å². The van der Waals surface area contributed by atoms with Gasteiger partial charge in [0.15, 0.2) is 0 Å². The molecule has 2 nitrogen and oxygen atoms in total. The predicted octanol–water partition coefficient (Wildman–Crippen LogP) is 2.91. The smallest absolute Gasteiger partial charge is 0.416 e. The summed E-state index contributed by atoms with van der Waals surface area (Å²) in [5.74, 6) is 0.176. The van der Waals surface area contributed by atoms with E-state index in [1.807, 2.05) is 0 Å². The molecule has 0 heterocycles. The first-order chi connectivity index (χ1) is 6.99. The molecule has 0 aliphatic heterocycles. The Morgan fingerprint density at radius 2 is 2.07 bits per heavy atom.